The van der Waals surface area contributed by atoms with E-state index in [1.807, 2.05) is 0 Å². The van der Waals surface area contributed by atoms with Crippen molar-refractivity contribution < 1.29 is 9.18 Å². The van der Waals surface area contributed by atoms with Crippen LogP contribution in [0.2, 0.25) is 0 Å². The van der Waals surface area contributed by atoms with Crippen molar-refractivity contribution in [2.75, 3.05) is 18.5 Å². The van der Waals surface area contributed by atoms with Gasteiger partial charge in [0, 0.05) is 18.8 Å². The Balaban J connectivity index is 2.38. The molecule has 0 atom stereocenters. The lowest BCUT2D eigenvalue weighted by molar-refractivity contribution is 0.237. The minimum absolute atomic E-state index is 0.180. The number of anilines is 1. The summed E-state index contributed by atoms with van der Waals surface area (Å²) in [6, 6.07) is 5.74. The number of amides is 2. The summed E-state index contributed by atoms with van der Waals surface area (Å²) in [5.74, 6) is -0.0463. The molecule has 0 aliphatic carbocycles. The molecule has 4 nitrogen and oxygen atoms in total. The summed E-state index contributed by atoms with van der Waals surface area (Å²) < 4.78 is 16.9. The zero-order valence-electron chi connectivity index (χ0n) is 8.52. The van der Waals surface area contributed by atoms with Crippen molar-refractivity contribution in [1.29, 1.82) is 0 Å². The minimum atomic E-state index is -0.444. The smallest absolute Gasteiger partial charge is 0.283 e. The number of carbonyl (C=O) groups excluding carboxylic acids is 1. The molecule has 0 bridgehead atoms. The number of hydrogen-bond donors (Lipinski definition) is 0. The molecule has 0 radical (unpaired) electrons. The first-order valence-electron chi connectivity index (χ1n) is 4.62. The van der Waals surface area contributed by atoms with Crippen LogP contribution in [0.1, 0.15) is 0 Å². The zero-order chi connectivity index (χ0) is 11.7. The van der Waals surface area contributed by atoms with Crippen LogP contribution >= 0.6 is 11.8 Å². The number of rotatable bonds is 1. The topological polar surface area (TPSA) is 35.9 Å². The molecular weight excluding hydrogens is 233 g/mol. The Morgan fingerprint density at radius 1 is 1.44 bits per heavy atom. The highest BCUT2D eigenvalue weighted by Gasteiger charge is 2.33. The van der Waals surface area contributed by atoms with Gasteiger partial charge < -0.3 is 0 Å². The molecule has 16 heavy (non-hydrogen) atoms. The van der Waals surface area contributed by atoms with E-state index in [-0.39, 0.29) is 18.3 Å². The van der Waals surface area contributed by atoms with E-state index in [2.05, 4.69) is 4.51 Å². The van der Waals surface area contributed by atoms with Crippen LogP contribution < -0.4 is 4.90 Å². The number of carbonyl (C=O) groups is 1. The van der Waals surface area contributed by atoms with E-state index < -0.39 is 5.82 Å². The molecule has 0 unspecified atom stereocenters. The Morgan fingerprint density at radius 3 is 2.69 bits per heavy atom. The molecule has 0 spiro atoms. The predicted octanol–water partition coefficient (Wildman–Crippen LogP) is 2.25. The fourth-order valence-corrected chi connectivity index (χ4v) is 1.72. The number of likely N-dealkylation sites (N-methyl/N-ethyl adjacent to an activating group) is 1. The summed E-state index contributed by atoms with van der Waals surface area (Å²) in [5.41, 5.74) is 0.231. The van der Waals surface area contributed by atoms with E-state index >= 15 is 0 Å². The molecule has 6 heteroatoms. The number of para-hydroxylation sites is 1. The van der Waals surface area contributed by atoms with E-state index in [1.165, 1.54) is 21.9 Å². The summed E-state index contributed by atoms with van der Waals surface area (Å²) >= 11 is 5.33. The zero-order valence-corrected chi connectivity index (χ0v) is 9.28. The molecule has 2 amide bonds. The lowest BCUT2D eigenvalue weighted by atomic mass is 10.3. The van der Waals surface area contributed by atoms with Gasteiger partial charge >= 0.3 is 6.03 Å². The van der Waals surface area contributed by atoms with E-state index in [1.54, 1.807) is 19.2 Å². The molecule has 1 aliphatic heterocycles. The van der Waals surface area contributed by atoms with E-state index in [0.717, 1.165) is 0 Å². The van der Waals surface area contributed by atoms with Crippen LogP contribution in [-0.4, -0.2) is 30.4 Å². The number of urea groups is 1. The van der Waals surface area contributed by atoms with Crippen molar-refractivity contribution in [3.8, 4) is 0 Å². The third-order valence-electron chi connectivity index (χ3n) is 2.45. The van der Waals surface area contributed by atoms with Gasteiger partial charge in [0.15, 0.2) is 0 Å². The molecule has 1 fully saturated rings. The summed E-state index contributed by atoms with van der Waals surface area (Å²) in [5, 5.41) is 0. The molecule has 1 saturated heterocycles. The first-order chi connectivity index (χ1) is 7.65. The highest BCUT2D eigenvalue weighted by molar-refractivity contribution is 6.24. The average molecular weight is 242 g/mol. The number of hydrogen-bond acceptors (Lipinski definition) is 2. The van der Waals surface area contributed by atoms with Crippen molar-refractivity contribution in [1.82, 2.24) is 4.90 Å². The van der Waals surface area contributed by atoms with Gasteiger partial charge in [-0.3, -0.25) is 9.80 Å². The van der Waals surface area contributed by atoms with Crippen LogP contribution in [-0.2, 0) is 0 Å². The van der Waals surface area contributed by atoms with Crippen molar-refractivity contribution in [2.45, 2.75) is 0 Å². The van der Waals surface area contributed by atoms with Crippen LogP contribution in [0.25, 0.3) is 0 Å². The highest BCUT2D eigenvalue weighted by atomic mass is 35.5. The van der Waals surface area contributed by atoms with Crippen LogP contribution in [0, 0.1) is 5.82 Å². The van der Waals surface area contributed by atoms with Gasteiger partial charge in [0.05, 0.1) is 12.2 Å². The second-order valence-electron chi connectivity index (χ2n) is 3.38. The van der Waals surface area contributed by atoms with E-state index in [9.17, 15) is 9.18 Å². The third-order valence-corrected chi connectivity index (χ3v) is 2.64. The van der Waals surface area contributed by atoms with Gasteiger partial charge in [-0.2, -0.15) is 4.51 Å². The molecular formula is C10H9ClFN3O. The van der Waals surface area contributed by atoms with Gasteiger partial charge in [0.2, 0.25) is 0 Å². The van der Waals surface area contributed by atoms with E-state index in [0.29, 0.717) is 5.84 Å². The second kappa shape index (κ2) is 4.09. The highest BCUT2D eigenvalue weighted by Crippen LogP contribution is 2.23. The average Bonchev–Trinajstić information content (AvgIpc) is 2.57. The lowest BCUT2D eigenvalue weighted by Gasteiger charge is -2.15. The summed E-state index contributed by atoms with van der Waals surface area (Å²) in [6.07, 6.45) is 0. The first-order valence-corrected chi connectivity index (χ1v) is 4.96. The third kappa shape index (κ3) is 1.63. The number of halogens is 2. The normalized spacial score (nSPS) is 18.7. The Labute approximate surface area is 97.0 Å². The van der Waals surface area contributed by atoms with Crippen LogP contribution in [0.3, 0.4) is 0 Å². The van der Waals surface area contributed by atoms with Gasteiger partial charge in [0.25, 0.3) is 0 Å². The quantitative estimate of drug-likeness (QED) is 0.743. The maximum absolute atomic E-state index is 13.5. The Morgan fingerprint density at radius 2 is 2.12 bits per heavy atom. The standard InChI is InChI=1S/C10H9ClFN3O/c1-14-9(13-11)6-15(10(14)16)8-5-3-2-4-7(8)12/h2-5H,6H2,1H3/b13-9-. The Hall–Kier alpha value is -1.62. The van der Waals surface area contributed by atoms with Gasteiger partial charge in [-0.25, -0.2) is 9.18 Å². The monoisotopic (exact) mass is 241 g/mol. The first kappa shape index (κ1) is 10.9. The summed E-state index contributed by atoms with van der Waals surface area (Å²) in [6.45, 7) is 0.180. The second-order valence-corrected chi connectivity index (χ2v) is 3.55. The van der Waals surface area contributed by atoms with Crippen LogP contribution in [0.15, 0.2) is 28.8 Å². The number of amidine groups is 1. The van der Waals surface area contributed by atoms with Gasteiger partial charge in [-0.15, -0.1) is 0 Å². The summed E-state index contributed by atoms with van der Waals surface area (Å²) in [4.78, 5) is 14.4. The predicted molar refractivity (Wildman–Crippen MR) is 60.2 cm³/mol. The SMILES string of the molecule is CN1C(=O)N(c2ccccc2F)C/C1=N/Cl. The molecule has 1 aromatic carbocycles. The van der Waals surface area contributed by atoms with Crippen molar-refractivity contribution in [2.24, 2.45) is 4.51 Å². The van der Waals surface area contributed by atoms with Crippen molar-refractivity contribution >= 4 is 29.3 Å². The fraction of sp³-hybridized carbons (Fsp3) is 0.200. The van der Waals surface area contributed by atoms with Crippen molar-refractivity contribution in [3.63, 3.8) is 0 Å². The number of benzene rings is 1. The van der Waals surface area contributed by atoms with E-state index in [4.69, 9.17) is 11.8 Å². The summed E-state index contributed by atoms with van der Waals surface area (Å²) in [7, 11) is 1.55. The minimum Gasteiger partial charge on any atom is -0.283 e. The van der Waals surface area contributed by atoms with Gasteiger partial charge in [-0.05, 0) is 12.1 Å². The van der Waals surface area contributed by atoms with Gasteiger partial charge in [0.1, 0.15) is 11.7 Å². The fourth-order valence-electron chi connectivity index (χ4n) is 1.55. The molecule has 0 saturated carbocycles. The molecule has 1 aliphatic rings. The molecule has 1 heterocycles. The Bertz CT molecular complexity index is 463. The number of nitrogens with zero attached hydrogens (tertiary/aromatic N) is 3. The maximum Gasteiger partial charge on any atom is 0.330 e. The van der Waals surface area contributed by atoms with Gasteiger partial charge in [-0.1, -0.05) is 12.1 Å². The lowest BCUT2D eigenvalue weighted by Crippen LogP contribution is -2.30. The maximum atomic E-state index is 13.5. The molecule has 1 aromatic rings. The molecule has 0 N–H and O–H groups in total. The molecule has 0 aromatic heterocycles. The van der Waals surface area contributed by atoms with Crippen LogP contribution in [0.4, 0.5) is 14.9 Å². The molecule has 84 valence electrons. The largest absolute Gasteiger partial charge is 0.330 e. The van der Waals surface area contributed by atoms with Crippen LogP contribution in [0.5, 0.6) is 0 Å². The Kier molecular flexibility index (Phi) is 2.78. The molecule has 2 rings (SSSR count). The van der Waals surface area contributed by atoms with Crippen molar-refractivity contribution in [3.05, 3.63) is 30.1 Å².